The van der Waals surface area contributed by atoms with E-state index in [1.165, 1.54) is 0 Å². The van der Waals surface area contributed by atoms with Gasteiger partial charge in [0.05, 0.1) is 25.4 Å². The van der Waals surface area contributed by atoms with Gasteiger partial charge in [0.25, 0.3) is 0 Å². The molecule has 98 valence electrons. The summed E-state index contributed by atoms with van der Waals surface area (Å²) in [4.78, 5) is 0. The van der Waals surface area contributed by atoms with Crippen LogP contribution in [-0.4, -0.2) is 41.9 Å². The summed E-state index contributed by atoms with van der Waals surface area (Å²) in [6, 6.07) is 0. The topological polar surface area (TPSA) is 58.9 Å². The zero-order valence-electron chi connectivity index (χ0n) is 10.3. The van der Waals surface area contributed by atoms with Gasteiger partial charge < -0.3 is 19.7 Å². The van der Waals surface area contributed by atoms with Crippen molar-refractivity contribution in [1.82, 2.24) is 0 Å². The van der Waals surface area contributed by atoms with Crippen molar-refractivity contribution in [3.05, 3.63) is 24.3 Å². The molecule has 0 aromatic carbocycles. The van der Waals surface area contributed by atoms with Crippen LogP contribution in [-0.2, 0) is 9.47 Å². The fourth-order valence-corrected chi connectivity index (χ4v) is 1.65. The predicted octanol–water partition coefficient (Wildman–Crippen LogP) is 1.38. The minimum atomic E-state index is -0.634. The number of aliphatic hydroxyl groups excluding tert-OH is 2. The normalized spacial score (nSPS) is 22.3. The first-order chi connectivity index (χ1) is 8.22. The number of rotatable bonds is 6. The Morgan fingerprint density at radius 2 is 1.94 bits per heavy atom. The Kier molecular flexibility index (Phi) is 7.12. The molecule has 0 aromatic heterocycles. The van der Waals surface area contributed by atoms with Gasteiger partial charge >= 0.3 is 0 Å². The molecule has 17 heavy (non-hydrogen) atoms. The number of hydrogen-bond acceptors (Lipinski definition) is 4. The first kappa shape index (κ1) is 14.4. The lowest BCUT2D eigenvalue weighted by Gasteiger charge is -2.25. The van der Waals surface area contributed by atoms with Gasteiger partial charge in [-0.2, -0.15) is 0 Å². The number of hydrogen-bond donors (Lipinski definition) is 2. The monoisotopic (exact) mass is 242 g/mol. The molecule has 1 aliphatic heterocycles. The molecule has 0 saturated carbocycles. The van der Waals surface area contributed by atoms with Gasteiger partial charge in [0.15, 0.2) is 6.29 Å². The summed E-state index contributed by atoms with van der Waals surface area (Å²) in [5, 5.41) is 19.4. The molecule has 1 rings (SSSR count). The van der Waals surface area contributed by atoms with Crippen molar-refractivity contribution in [3.63, 3.8) is 0 Å². The van der Waals surface area contributed by atoms with E-state index in [2.05, 4.69) is 0 Å². The molecule has 0 bridgehead atoms. The largest absolute Gasteiger partial charge is 0.393 e. The molecule has 0 aliphatic carbocycles. The average Bonchev–Trinajstić information content (AvgIpc) is 2.30. The van der Waals surface area contributed by atoms with Gasteiger partial charge in [-0.05, 0) is 13.3 Å². The van der Waals surface area contributed by atoms with Crippen molar-refractivity contribution < 1.29 is 19.7 Å². The summed E-state index contributed by atoms with van der Waals surface area (Å²) < 4.78 is 10.7. The molecule has 4 nitrogen and oxygen atoms in total. The SMILES string of the molecule is C/C=C/C=C/[C@H](O)C[C@@H](O)CC1OCCCO1. The molecule has 1 aliphatic rings. The van der Waals surface area contributed by atoms with Crippen molar-refractivity contribution in [3.8, 4) is 0 Å². The number of allylic oxidation sites excluding steroid dienone is 3. The maximum absolute atomic E-state index is 9.76. The summed E-state index contributed by atoms with van der Waals surface area (Å²) in [6.45, 7) is 3.27. The van der Waals surface area contributed by atoms with E-state index in [9.17, 15) is 10.2 Å². The second-order valence-corrected chi connectivity index (χ2v) is 4.13. The summed E-state index contributed by atoms with van der Waals surface area (Å²) in [5.41, 5.74) is 0. The predicted molar refractivity (Wildman–Crippen MR) is 65.5 cm³/mol. The van der Waals surface area contributed by atoms with Crippen LogP contribution >= 0.6 is 0 Å². The summed E-state index contributed by atoms with van der Waals surface area (Å²) in [6.07, 6.45) is 7.19. The molecular formula is C13H22O4. The van der Waals surface area contributed by atoms with Crippen molar-refractivity contribution in [2.75, 3.05) is 13.2 Å². The zero-order chi connectivity index (χ0) is 12.5. The third kappa shape index (κ3) is 6.58. The van der Waals surface area contributed by atoms with Gasteiger partial charge in [0.2, 0.25) is 0 Å². The molecule has 0 aromatic rings. The molecule has 1 fully saturated rings. The van der Waals surface area contributed by atoms with Crippen LogP contribution in [0.5, 0.6) is 0 Å². The van der Waals surface area contributed by atoms with E-state index in [4.69, 9.17) is 9.47 Å². The van der Waals surface area contributed by atoms with Gasteiger partial charge in [-0.1, -0.05) is 24.3 Å². The number of ether oxygens (including phenoxy) is 2. The highest BCUT2D eigenvalue weighted by Gasteiger charge is 2.19. The molecule has 2 N–H and O–H groups in total. The molecule has 1 heterocycles. The van der Waals surface area contributed by atoms with Gasteiger partial charge in [-0.3, -0.25) is 0 Å². The molecule has 0 amide bonds. The Bertz CT molecular complexity index is 244. The minimum absolute atomic E-state index is 0.303. The summed E-state index contributed by atoms with van der Waals surface area (Å²) in [5.74, 6) is 0. The fraction of sp³-hybridized carbons (Fsp3) is 0.692. The standard InChI is InChI=1S/C13H22O4/c1-2-3-4-6-11(14)9-12(15)10-13-16-7-5-8-17-13/h2-4,6,11-15H,5,7-10H2,1H3/b3-2+,6-4+/t11-,12+/m0/s1. The molecule has 0 radical (unpaired) electrons. The van der Waals surface area contributed by atoms with Gasteiger partial charge in [0, 0.05) is 12.8 Å². The Morgan fingerprint density at radius 3 is 2.59 bits per heavy atom. The maximum Gasteiger partial charge on any atom is 0.160 e. The quantitative estimate of drug-likeness (QED) is 0.691. The Labute approximate surface area is 103 Å². The average molecular weight is 242 g/mol. The smallest absolute Gasteiger partial charge is 0.160 e. The first-order valence-electron chi connectivity index (χ1n) is 6.11. The second kappa shape index (κ2) is 8.42. The van der Waals surface area contributed by atoms with E-state index < -0.39 is 12.2 Å². The van der Waals surface area contributed by atoms with E-state index in [0.29, 0.717) is 26.1 Å². The highest BCUT2D eigenvalue weighted by atomic mass is 16.7. The fourth-order valence-electron chi connectivity index (χ4n) is 1.65. The molecule has 4 heteroatoms. The highest BCUT2D eigenvalue weighted by Crippen LogP contribution is 2.14. The van der Waals surface area contributed by atoms with Gasteiger partial charge in [0.1, 0.15) is 0 Å². The van der Waals surface area contributed by atoms with Crippen LogP contribution in [0.2, 0.25) is 0 Å². The van der Waals surface area contributed by atoms with Crippen molar-refractivity contribution >= 4 is 0 Å². The first-order valence-corrected chi connectivity index (χ1v) is 6.11. The lowest BCUT2D eigenvalue weighted by Crippen LogP contribution is -2.30. The zero-order valence-corrected chi connectivity index (χ0v) is 10.3. The van der Waals surface area contributed by atoms with Crippen LogP contribution < -0.4 is 0 Å². The van der Waals surface area contributed by atoms with Crippen molar-refractivity contribution in [1.29, 1.82) is 0 Å². The maximum atomic E-state index is 9.76. The number of aliphatic hydroxyl groups is 2. The minimum Gasteiger partial charge on any atom is -0.393 e. The van der Waals surface area contributed by atoms with Gasteiger partial charge in [-0.25, -0.2) is 0 Å². The van der Waals surface area contributed by atoms with E-state index in [1.807, 2.05) is 19.1 Å². The summed E-state index contributed by atoms with van der Waals surface area (Å²) in [7, 11) is 0. The Morgan fingerprint density at radius 1 is 1.24 bits per heavy atom. The third-order valence-corrected chi connectivity index (χ3v) is 2.51. The van der Waals surface area contributed by atoms with Crippen LogP contribution in [0, 0.1) is 0 Å². The molecule has 1 saturated heterocycles. The van der Waals surface area contributed by atoms with Crippen LogP contribution in [0.15, 0.2) is 24.3 Å². The van der Waals surface area contributed by atoms with Crippen LogP contribution in [0.1, 0.15) is 26.2 Å². The van der Waals surface area contributed by atoms with E-state index in [0.717, 1.165) is 6.42 Å². The van der Waals surface area contributed by atoms with Crippen LogP contribution in [0.3, 0.4) is 0 Å². The molecule has 0 unspecified atom stereocenters. The highest BCUT2D eigenvalue weighted by molar-refractivity contribution is 5.03. The Balaban J connectivity index is 2.20. The molecule has 0 spiro atoms. The van der Waals surface area contributed by atoms with E-state index in [1.54, 1.807) is 12.2 Å². The van der Waals surface area contributed by atoms with Crippen molar-refractivity contribution in [2.24, 2.45) is 0 Å². The molecular weight excluding hydrogens is 220 g/mol. The van der Waals surface area contributed by atoms with Crippen LogP contribution in [0.25, 0.3) is 0 Å². The lowest BCUT2D eigenvalue weighted by molar-refractivity contribution is -0.192. The van der Waals surface area contributed by atoms with E-state index in [-0.39, 0.29) is 6.29 Å². The van der Waals surface area contributed by atoms with Crippen molar-refractivity contribution in [2.45, 2.75) is 44.7 Å². The third-order valence-electron chi connectivity index (χ3n) is 2.51. The second-order valence-electron chi connectivity index (χ2n) is 4.13. The molecule has 2 atom stereocenters. The van der Waals surface area contributed by atoms with Crippen LogP contribution in [0.4, 0.5) is 0 Å². The van der Waals surface area contributed by atoms with E-state index >= 15 is 0 Å². The summed E-state index contributed by atoms with van der Waals surface area (Å²) >= 11 is 0. The lowest BCUT2D eigenvalue weighted by atomic mass is 10.1. The van der Waals surface area contributed by atoms with Gasteiger partial charge in [-0.15, -0.1) is 0 Å². The Hall–Kier alpha value is -0.680.